The third kappa shape index (κ3) is 4.36. The highest BCUT2D eigenvalue weighted by Crippen LogP contribution is 2.28. The lowest BCUT2D eigenvalue weighted by molar-refractivity contribution is 0.0472. The third-order valence-corrected chi connectivity index (χ3v) is 4.97. The summed E-state index contributed by atoms with van der Waals surface area (Å²) in [4.78, 5) is 12.3. The number of hydrogen-bond donors (Lipinski definition) is 0. The Bertz CT molecular complexity index is 1100. The summed E-state index contributed by atoms with van der Waals surface area (Å²) in [6, 6.07) is 31.7. The zero-order chi connectivity index (χ0) is 20.1. The van der Waals surface area contributed by atoms with Gasteiger partial charge in [0.2, 0.25) is 0 Å². The summed E-state index contributed by atoms with van der Waals surface area (Å²) in [6.45, 7) is 0.263. The lowest BCUT2D eigenvalue weighted by atomic mass is 9.97. The van der Waals surface area contributed by atoms with Gasteiger partial charge in [-0.15, -0.1) is 0 Å². The summed E-state index contributed by atoms with van der Waals surface area (Å²) < 4.78 is 11.2. The molecule has 1 atom stereocenters. The van der Waals surface area contributed by atoms with E-state index >= 15 is 0 Å². The van der Waals surface area contributed by atoms with Crippen LogP contribution in [0.1, 0.15) is 33.2 Å². The van der Waals surface area contributed by atoms with Crippen LogP contribution in [0.4, 0.5) is 0 Å². The van der Waals surface area contributed by atoms with Gasteiger partial charge in [0.15, 0.2) is 0 Å². The average Bonchev–Trinajstić information content (AvgIpc) is 2.79. The highest BCUT2D eigenvalue weighted by Gasteiger charge is 2.15. The minimum Gasteiger partial charge on any atom is -0.457 e. The molecular formula is C26H22O3. The fraction of sp³-hybridized carbons (Fsp3) is 0.115. The van der Waals surface area contributed by atoms with Gasteiger partial charge in [0.05, 0.1) is 5.56 Å². The lowest BCUT2D eigenvalue weighted by Gasteiger charge is -2.17. The fourth-order valence-electron chi connectivity index (χ4n) is 3.44. The highest BCUT2D eigenvalue weighted by atomic mass is 16.5. The molecule has 0 bridgehead atoms. The Kier molecular flexibility index (Phi) is 5.68. The van der Waals surface area contributed by atoms with Crippen molar-refractivity contribution in [3.63, 3.8) is 0 Å². The maximum Gasteiger partial charge on any atom is 0.338 e. The molecule has 0 saturated carbocycles. The van der Waals surface area contributed by atoms with Gasteiger partial charge in [-0.05, 0) is 45.7 Å². The van der Waals surface area contributed by atoms with Crippen LogP contribution in [-0.4, -0.2) is 13.1 Å². The van der Waals surface area contributed by atoms with E-state index in [4.69, 9.17) is 9.47 Å². The molecule has 0 fully saturated rings. The van der Waals surface area contributed by atoms with Crippen LogP contribution in [0.3, 0.4) is 0 Å². The Hall–Kier alpha value is -3.43. The Labute approximate surface area is 170 Å². The van der Waals surface area contributed by atoms with E-state index in [1.807, 2.05) is 54.6 Å². The van der Waals surface area contributed by atoms with Crippen molar-refractivity contribution in [2.75, 3.05) is 7.11 Å². The van der Waals surface area contributed by atoms with Crippen LogP contribution in [0, 0.1) is 0 Å². The van der Waals surface area contributed by atoms with E-state index in [2.05, 4.69) is 30.3 Å². The molecule has 29 heavy (non-hydrogen) atoms. The normalized spacial score (nSPS) is 11.9. The molecule has 144 valence electrons. The Morgan fingerprint density at radius 2 is 1.41 bits per heavy atom. The minimum absolute atomic E-state index is 0.200. The maximum absolute atomic E-state index is 12.3. The number of fused-ring (bicyclic) bond motifs is 1. The third-order valence-electron chi connectivity index (χ3n) is 4.97. The summed E-state index contributed by atoms with van der Waals surface area (Å²) in [6.07, 6.45) is -0.200. The second-order valence-corrected chi connectivity index (χ2v) is 6.91. The minimum atomic E-state index is -0.333. The molecule has 1 unspecified atom stereocenters. The second-order valence-electron chi connectivity index (χ2n) is 6.91. The van der Waals surface area contributed by atoms with E-state index in [0.717, 1.165) is 16.7 Å². The molecule has 3 nitrogen and oxygen atoms in total. The van der Waals surface area contributed by atoms with Crippen LogP contribution in [-0.2, 0) is 16.1 Å². The summed E-state index contributed by atoms with van der Waals surface area (Å²) >= 11 is 0. The van der Waals surface area contributed by atoms with Crippen LogP contribution in [0.15, 0.2) is 97.1 Å². The first-order valence-electron chi connectivity index (χ1n) is 9.57. The number of carbonyl (C=O) groups excluding carboxylic acids is 1. The summed E-state index contributed by atoms with van der Waals surface area (Å²) in [5.41, 5.74) is 3.55. The van der Waals surface area contributed by atoms with Gasteiger partial charge in [0.25, 0.3) is 0 Å². The molecule has 0 aliphatic carbocycles. The SMILES string of the molecule is COC(c1ccc(C(=O)OCc2ccccc2)cc1)c1ccc2ccccc2c1. The Morgan fingerprint density at radius 1 is 0.759 bits per heavy atom. The van der Waals surface area contributed by atoms with Crippen LogP contribution >= 0.6 is 0 Å². The molecule has 0 aliphatic heterocycles. The largest absolute Gasteiger partial charge is 0.457 e. The first-order valence-corrected chi connectivity index (χ1v) is 9.57. The smallest absolute Gasteiger partial charge is 0.338 e. The zero-order valence-electron chi connectivity index (χ0n) is 16.2. The van der Waals surface area contributed by atoms with Gasteiger partial charge in [-0.3, -0.25) is 0 Å². The standard InChI is InChI=1S/C26H22O3/c1-28-25(24-16-11-20-9-5-6-10-23(20)17-24)21-12-14-22(15-13-21)26(27)29-18-19-7-3-2-4-8-19/h2-17,25H,18H2,1H3. The molecule has 4 rings (SSSR count). The zero-order valence-corrected chi connectivity index (χ0v) is 16.2. The number of benzene rings is 4. The van der Waals surface area contributed by atoms with Gasteiger partial charge in [-0.2, -0.15) is 0 Å². The van der Waals surface area contributed by atoms with Gasteiger partial charge in [-0.25, -0.2) is 4.79 Å². The van der Waals surface area contributed by atoms with E-state index in [9.17, 15) is 4.79 Å². The van der Waals surface area contributed by atoms with E-state index < -0.39 is 0 Å². The average molecular weight is 382 g/mol. The quantitative estimate of drug-likeness (QED) is 0.388. The molecule has 4 aromatic rings. The van der Waals surface area contributed by atoms with Crippen molar-refractivity contribution in [2.45, 2.75) is 12.7 Å². The summed E-state index contributed by atoms with van der Waals surface area (Å²) in [5.74, 6) is -0.333. The fourth-order valence-corrected chi connectivity index (χ4v) is 3.44. The molecule has 0 N–H and O–H groups in total. The van der Waals surface area contributed by atoms with Gasteiger partial charge < -0.3 is 9.47 Å². The number of methoxy groups -OCH3 is 1. The van der Waals surface area contributed by atoms with Gasteiger partial charge in [-0.1, -0.05) is 78.9 Å². The van der Waals surface area contributed by atoms with Crippen molar-refractivity contribution in [1.29, 1.82) is 0 Å². The Morgan fingerprint density at radius 3 is 2.14 bits per heavy atom. The second kappa shape index (κ2) is 8.72. The highest BCUT2D eigenvalue weighted by molar-refractivity contribution is 5.89. The number of ether oxygens (including phenoxy) is 2. The molecular weight excluding hydrogens is 360 g/mol. The van der Waals surface area contributed by atoms with Crippen molar-refractivity contribution >= 4 is 16.7 Å². The molecule has 0 aromatic heterocycles. The van der Waals surface area contributed by atoms with Crippen molar-refractivity contribution in [1.82, 2.24) is 0 Å². The summed E-state index contributed by atoms with van der Waals surface area (Å²) in [5, 5.41) is 2.37. The molecule has 0 radical (unpaired) electrons. The van der Waals surface area contributed by atoms with Crippen molar-refractivity contribution in [3.8, 4) is 0 Å². The number of carbonyl (C=O) groups is 1. The monoisotopic (exact) mass is 382 g/mol. The molecule has 0 saturated heterocycles. The van der Waals surface area contributed by atoms with Crippen LogP contribution in [0.25, 0.3) is 10.8 Å². The van der Waals surface area contributed by atoms with E-state index in [-0.39, 0.29) is 18.7 Å². The van der Waals surface area contributed by atoms with Gasteiger partial charge in [0.1, 0.15) is 12.7 Å². The Balaban J connectivity index is 1.49. The number of hydrogen-bond acceptors (Lipinski definition) is 3. The molecule has 0 aliphatic rings. The first-order chi connectivity index (χ1) is 14.2. The van der Waals surface area contributed by atoms with E-state index in [1.165, 1.54) is 10.8 Å². The van der Waals surface area contributed by atoms with E-state index in [1.54, 1.807) is 19.2 Å². The molecule has 0 spiro atoms. The lowest BCUT2D eigenvalue weighted by Crippen LogP contribution is -2.07. The van der Waals surface area contributed by atoms with Gasteiger partial charge >= 0.3 is 5.97 Å². The van der Waals surface area contributed by atoms with Crippen LogP contribution < -0.4 is 0 Å². The van der Waals surface area contributed by atoms with Crippen molar-refractivity contribution < 1.29 is 14.3 Å². The number of rotatable bonds is 6. The van der Waals surface area contributed by atoms with Crippen LogP contribution in [0.2, 0.25) is 0 Å². The van der Waals surface area contributed by atoms with Crippen molar-refractivity contribution in [2.24, 2.45) is 0 Å². The van der Waals surface area contributed by atoms with Crippen molar-refractivity contribution in [3.05, 3.63) is 119 Å². The van der Waals surface area contributed by atoms with E-state index in [0.29, 0.717) is 5.56 Å². The van der Waals surface area contributed by atoms with Gasteiger partial charge in [0, 0.05) is 7.11 Å². The molecule has 0 heterocycles. The molecule has 3 heteroatoms. The first kappa shape index (κ1) is 18.9. The molecule has 0 amide bonds. The summed E-state index contributed by atoms with van der Waals surface area (Å²) in [7, 11) is 1.70. The molecule has 4 aromatic carbocycles. The topological polar surface area (TPSA) is 35.5 Å². The predicted octanol–water partition coefficient (Wildman–Crippen LogP) is 5.93. The van der Waals surface area contributed by atoms with Crippen LogP contribution in [0.5, 0.6) is 0 Å². The predicted molar refractivity (Wildman–Crippen MR) is 115 cm³/mol. The number of esters is 1. The maximum atomic E-state index is 12.3.